The number of carbonyl (C=O) groups is 1. The minimum atomic E-state index is -0.440. The molecule has 6 heteroatoms. The van der Waals surface area contributed by atoms with Gasteiger partial charge in [-0.25, -0.2) is 14.3 Å². The van der Waals surface area contributed by atoms with Crippen molar-refractivity contribution in [1.82, 2.24) is 14.6 Å². The third-order valence-electron chi connectivity index (χ3n) is 4.37. The maximum absolute atomic E-state index is 12.6. The summed E-state index contributed by atoms with van der Waals surface area (Å²) in [6.45, 7) is 3.11. The van der Waals surface area contributed by atoms with Crippen LogP contribution in [0.15, 0.2) is 73.1 Å². The molecule has 2 aromatic carbocycles. The third-order valence-corrected chi connectivity index (χ3v) is 4.37. The van der Waals surface area contributed by atoms with Crippen molar-refractivity contribution in [2.45, 2.75) is 13.5 Å². The Kier molecular flexibility index (Phi) is 5.01. The van der Waals surface area contributed by atoms with Crippen molar-refractivity contribution in [2.75, 3.05) is 11.9 Å². The van der Waals surface area contributed by atoms with E-state index in [2.05, 4.69) is 22.3 Å². The van der Waals surface area contributed by atoms with Crippen LogP contribution in [0.25, 0.3) is 16.9 Å². The Morgan fingerprint density at radius 3 is 2.79 bits per heavy atom. The molecule has 0 fully saturated rings. The Labute approximate surface area is 162 Å². The van der Waals surface area contributed by atoms with Crippen LogP contribution in [0.5, 0.6) is 0 Å². The first kappa shape index (κ1) is 17.7. The van der Waals surface area contributed by atoms with Gasteiger partial charge >= 0.3 is 5.97 Å². The molecular weight excluding hydrogens is 352 g/mol. The number of hydrogen-bond donors (Lipinski definition) is 1. The van der Waals surface area contributed by atoms with E-state index in [0.717, 1.165) is 29.1 Å². The van der Waals surface area contributed by atoms with Crippen LogP contribution in [-0.4, -0.2) is 27.1 Å². The van der Waals surface area contributed by atoms with Gasteiger partial charge in [0.1, 0.15) is 12.2 Å². The average molecular weight is 372 g/mol. The van der Waals surface area contributed by atoms with Crippen LogP contribution in [-0.2, 0) is 11.3 Å². The van der Waals surface area contributed by atoms with E-state index < -0.39 is 5.97 Å². The molecule has 0 aliphatic carbocycles. The molecule has 0 amide bonds. The zero-order valence-electron chi connectivity index (χ0n) is 15.5. The number of nitrogens with one attached hydrogen (secondary N) is 1. The molecule has 0 saturated heterocycles. The van der Waals surface area contributed by atoms with Gasteiger partial charge in [0.05, 0.1) is 11.9 Å². The molecule has 0 aliphatic heterocycles. The molecule has 0 radical (unpaired) electrons. The molecule has 6 nitrogen and oxygen atoms in total. The van der Waals surface area contributed by atoms with Crippen LogP contribution in [0.3, 0.4) is 0 Å². The lowest BCUT2D eigenvalue weighted by atomic mass is 10.1. The smallest absolute Gasteiger partial charge is 0.343 e. The average Bonchev–Trinajstić information content (AvgIpc) is 3.17. The molecule has 0 spiro atoms. The van der Waals surface area contributed by atoms with E-state index in [9.17, 15) is 4.79 Å². The first-order valence-corrected chi connectivity index (χ1v) is 9.14. The van der Waals surface area contributed by atoms with Gasteiger partial charge in [0.25, 0.3) is 0 Å². The molecule has 0 unspecified atom stereocenters. The summed E-state index contributed by atoms with van der Waals surface area (Å²) in [5.74, 6) is -0.440. The van der Waals surface area contributed by atoms with Gasteiger partial charge in [-0.05, 0) is 30.7 Å². The second kappa shape index (κ2) is 7.92. The number of ether oxygens (including phenoxy) is 1. The highest BCUT2D eigenvalue weighted by atomic mass is 16.5. The number of rotatable bonds is 6. The Morgan fingerprint density at radius 2 is 1.96 bits per heavy atom. The largest absolute Gasteiger partial charge is 0.457 e. The predicted octanol–water partition coefficient (Wildman–Crippen LogP) is 4.19. The molecule has 4 aromatic rings. The van der Waals surface area contributed by atoms with E-state index in [0.29, 0.717) is 11.2 Å². The Balaban J connectivity index is 1.63. The van der Waals surface area contributed by atoms with E-state index in [4.69, 9.17) is 4.74 Å². The zero-order valence-corrected chi connectivity index (χ0v) is 15.5. The fraction of sp³-hybridized carbons (Fsp3) is 0.136. The van der Waals surface area contributed by atoms with Crippen molar-refractivity contribution in [1.29, 1.82) is 0 Å². The van der Waals surface area contributed by atoms with Crippen LogP contribution in [0.4, 0.5) is 5.69 Å². The molecule has 28 heavy (non-hydrogen) atoms. The van der Waals surface area contributed by atoms with Crippen molar-refractivity contribution < 1.29 is 9.53 Å². The number of anilines is 1. The summed E-state index contributed by atoms with van der Waals surface area (Å²) < 4.78 is 7.11. The van der Waals surface area contributed by atoms with Crippen molar-refractivity contribution in [3.05, 3.63) is 84.2 Å². The number of carbonyl (C=O) groups excluding carboxylic acids is 1. The van der Waals surface area contributed by atoms with E-state index in [1.54, 1.807) is 10.7 Å². The second-order valence-corrected chi connectivity index (χ2v) is 6.30. The molecule has 2 heterocycles. The monoisotopic (exact) mass is 372 g/mol. The Hall–Kier alpha value is -3.67. The summed E-state index contributed by atoms with van der Waals surface area (Å²) >= 11 is 0. The van der Waals surface area contributed by atoms with Crippen LogP contribution in [0.2, 0.25) is 0 Å². The molecule has 0 atom stereocenters. The third kappa shape index (κ3) is 3.57. The predicted molar refractivity (Wildman–Crippen MR) is 108 cm³/mol. The highest BCUT2D eigenvalue weighted by Gasteiger charge is 2.17. The number of benzene rings is 2. The quantitative estimate of drug-likeness (QED) is 0.514. The van der Waals surface area contributed by atoms with Crippen LogP contribution >= 0.6 is 0 Å². The van der Waals surface area contributed by atoms with E-state index in [1.165, 1.54) is 6.20 Å². The second-order valence-electron chi connectivity index (χ2n) is 6.30. The topological polar surface area (TPSA) is 68.5 Å². The molecule has 1 N–H and O–H groups in total. The summed E-state index contributed by atoms with van der Waals surface area (Å²) in [6.07, 6.45) is 3.19. The highest BCUT2D eigenvalue weighted by molar-refractivity contribution is 5.96. The van der Waals surface area contributed by atoms with Crippen molar-refractivity contribution in [2.24, 2.45) is 0 Å². The van der Waals surface area contributed by atoms with Gasteiger partial charge in [-0.15, -0.1) is 0 Å². The van der Waals surface area contributed by atoms with E-state index in [-0.39, 0.29) is 6.61 Å². The molecule has 140 valence electrons. The lowest BCUT2D eigenvalue weighted by molar-refractivity contribution is 0.0475. The van der Waals surface area contributed by atoms with Crippen molar-refractivity contribution >= 4 is 17.3 Å². The molecule has 0 aliphatic rings. The van der Waals surface area contributed by atoms with Crippen LogP contribution in [0.1, 0.15) is 22.8 Å². The van der Waals surface area contributed by atoms with Gasteiger partial charge in [-0.3, -0.25) is 0 Å². The molecule has 2 aromatic heterocycles. The van der Waals surface area contributed by atoms with Crippen LogP contribution in [0, 0.1) is 0 Å². The normalized spacial score (nSPS) is 10.8. The number of nitrogens with zero attached hydrogens (tertiary/aromatic N) is 3. The summed E-state index contributed by atoms with van der Waals surface area (Å²) in [6, 6.07) is 19.5. The lowest BCUT2D eigenvalue weighted by Crippen LogP contribution is -2.06. The summed E-state index contributed by atoms with van der Waals surface area (Å²) in [4.78, 5) is 16.9. The Morgan fingerprint density at radius 1 is 1.11 bits per heavy atom. The number of esters is 1. The number of hydrogen-bond acceptors (Lipinski definition) is 5. The minimum Gasteiger partial charge on any atom is -0.457 e. The maximum Gasteiger partial charge on any atom is 0.343 e. The maximum atomic E-state index is 12.6. The Bertz CT molecular complexity index is 1110. The van der Waals surface area contributed by atoms with Crippen LogP contribution < -0.4 is 5.32 Å². The molecule has 4 rings (SSSR count). The highest BCUT2D eigenvalue weighted by Crippen LogP contribution is 2.24. The van der Waals surface area contributed by atoms with Crippen molar-refractivity contribution in [3.8, 4) is 11.3 Å². The van der Waals surface area contributed by atoms with Gasteiger partial charge in [0.2, 0.25) is 0 Å². The SMILES string of the molecule is CCNc1cccc(-c2ccnc3c(C(=O)OCc4ccccc4)cnn23)c1. The summed E-state index contributed by atoms with van der Waals surface area (Å²) in [5, 5.41) is 7.68. The summed E-state index contributed by atoms with van der Waals surface area (Å²) in [7, 11) is 0. The number of fused-ring (bicyclic) bond motifs is 1. The molecule has 0 bridgehead atoms. The standard InChI is InChI=1S/C22H20N4O2/c1-2-23-18-10-6-9-17(13-18)20-11-12-24-21-19(14-25-26(20)21)22(27)28-15-16-7-4-3-5-8-16/h3-14,23H,2,15H2,1H3. The first-order valence-electron chi connectivity index (χ1n) is 9.14. The van der Waals surface area contributed by atoms with E-state index >= 15 is 0 Å². The van der Waals surface area contributed by atoms with Gasteiger partial charge in [0, 0.05) is 24.0 Å². The van der Waals surface area contributed by atoms with Gasteiger partial charge in [0.15, 0.2) is 5.65 Å². The van der Waals surface area contributed by atoms with Gasteiger partial charge < -0.3 is 10.1 Å². The zero-order chi connectivity index (χ0) is 19.3. The van der Waals surface area contributed by atoms with Crippen molar-refractivity contribution in [3.63, 3.8) is 0 Å². The lowest BCUT2D eigenvalue weighted by Gasteiger charge is -2.08. The first-order chi connectivity index (χ1) is 13.8. The van der Waals surface area contributed by atoms with Gasteiger partial charge in [-0.2, -0.15) is 5.10 Å². The van der Waals surface area contributed by atoms with E-state index in [1.807, 2.05) is 60.7 Å². The summed E-state index contributed by atoms with van der Waals surface area (Å²) in [5.41, 5.74) is 4.62. The minimum absolute atomic E-state index is 0.210. The number of aromatic nitrogens is 3. The fourth-order valence-electron chi connectivity index (χ4n) is 3.05. The molecular formula is C22H20N4O2. The van der Waals surface area contributed by atoms with Gasteiger partial charge in [-0.1, -0.05) is 42.5 Å². The molecule has 0 saturated carbocycles. The fourth-order valence-corrected chi connectivity index (χ4v) is 3.05.